The van der Waals surface area contributed by atoms with Gasteiger partial charge >= 0.3 is 0 Å². The Bertz CT molecular complexity index is 811. The maximum atomic E-state index is 12.3. The molecule has 2 heterocycles. The number of furan rings is 1. The summed E-state index contributed by atoms with van der Waals surface area (Å²) in [6.45, 7) is 4.00. The van der Waals surface area contributed by atoms with E-state index in [9.17, 15) is 14.4 Å². The summed E-state index contributed by atoms with van der Waals surface area (Å²) in [5.41, 5.74) is 1.25. The van der Waals surface area contributed by atoms with Crippen molar-refractivity contribution in [1.29, 1.82) is 0 Å². The van der Waals surface area contributed by atoms with Crippen LogP contribution < -0.4 is 10.6 Å². The number of hydrogen-bond acceptors (Lipinski definition) is 5. The van der Waals surface area contributed by atoms with E-state index >= 15 is 0 Å². The predicted octanol–water partition coefficient (Wildman–Crippen LogP) is 1.63. The first-order valence-corrected chi connectivity index (χ1v) is 8.74. The third-order valence-electron chi connectivity index (χ3n) is 4.23. The Kier molecular flexibility index (Phi) is 5.87. The van der Waals surface area contributed by atoms with Gasteiger partial charge in [0, 0.05) is 44.5 Å². The van der Waals surface area contributed by atoms with Crippen molar-refractivity contribution in [1.82, 2.24) is 9.80 Å². The molecule has 0 aliphatic carbocycles. The number of carbonyl (C=O) groups is 3. The van der Waals surface area contributed by atoms with Gasteiger partial charge in [0.15, 0.2) is 5.76 Å². The lowest BCUT2D eigenvalue weighted by molar-refractivity contribution is -0.117. The Balaban J connectivity index is 1.47. The fourth-order valence-corrected chi connectivity index (χ4v) is 2.95. The fraction of sp³-hybridized carbons (Fsp3) is 0.316. The number of nitrogens with zero attached hydrogens (tertiary/aromatic N) is 2. The van der Waals surface area contributed by atoms with Gasteiger partial charge in [-0.25, -0.2) is 0 Å². The van der Waals surface area contributed by atoms with E-state index < -0.39 is 0 Å². The van der Waals surface area contributed by atoms with Gasteiger partial charge in [-0.05, 0) is 30.3 Å². The first-order valence-electron chi connectivity index (χ1n) is 8.74. The zero-order valence-electron chi connectivity index (χ0n) is 15.1. The zero-order valence-corrected chi connectivity index (χ0v) is 15.1. The highest BCUT2D eigenvalue weighted by Gasteiger charge is 2.24. The van der Waals surface area contributed by atoms with E-state index in [1.807, 2.05) is 4.90 Å². The minimum absolute atomic E-state index is 0.126. The van der Waals surface area contributed by atoms with Gasteiger partial charge < -0.3 is 20.0 Å². The zero-order chi connectivity index (χ0) is 19.2. The van der Waals surface area contributed by atoms with Crippen molar-refractivity contribution in [3.8, 4) is 0 Å². The van der Waals surface area contributed by atoms with E-state index in [2.05, 4.69) is 10.6 Å². The lowest BCUT2D eigenvalue weighted by Gasteiger charge is -2.33. The smallest absolute Gasteiger partial charge is 0.289 e. The Labute approximate surface area is 157 Å². The molecule has 3 amide bonds. The number of benzene rings is 1. The second-order valence-corrected chi connectivity index (χ2v) is 6.36. The first kappa shape index (κ1) is 18.7. The van der Waals surface area contributed by atoms with Crippen LogP contribution in [0.5, 0.6) is 0 Å². The highest BCUT2D eigenvalue weighted by Crippen LogP contribution is 2.15. The van der Waals surface area contributed by atoms with Gasteiger partial charge in [-0.1, -0.05) is 6.07 Å². The number of anilines is 2. The molecule has 0 saturated carbocycles. The third-order valence-corrected chi connectivity index (χ3v) is 4.23. The van der Waals surface area contributed by atoms with E-state index in [1.54, 1.807) is 41.3 Å². The number of piperazine rings is 1. The molecule has 8 heteroatoms. The molecule has 1 aliphatic rings. The van der Waals surface area contributed by atoms with E-state index in [4.69, 9.17) is 4.42 Å². The predicted molar refractivity (Wildman–Crippen MR) is 100 cm³/mol. The van der Waals surface area contributed by atoms with Crippen molar-refractivity contribution in [3.05, 3.63) is 48.4 Å². The molecule has 0 unspecified atom stereocenters. The number of hydrogen-bond donors (Lipinski definition) is 2. The molecule has 1 aromatic heterocycles. The molecule has 1 aliphatic heterocycles. The van der Waals surface area contributed by atoms with Gasteiger partial charge in [0.25, 0.3) is 5.91 Å². The molecule has 2 N–H and O–H groups in total. The van der Waals surface area contributed by atoms with Crippen LogP contribution in [0.15, 0.2) is 47.1 Å². The highest BCUT2D eigenvalue weighted by molar-refractivity contribution is 5.94. The maximum absolute atomic E-state index is 12.3. The monoisotopic (exact) mass is 370 g/mol. The van der Waals surface area contributed by atoms with Crippen LogP contribution in [0.25, 0.3) is 0 Å². The third kappa shape index (κ3) is 5.18. The second-order valence-electron chi connectivity index (χ2n) is 6.36. The molecule has 0 radical (unpaired) electrons. The Morgan fingerprint density at radius 3 is 2.33 bits per heavy atom. The van der Waals surface area contributed by atoms with Crippen LogP contribution in [0, 0.1) is 0 Å². The lowest BCUT2D eigenvalue weighted by atomic mass is 10.2. The second kappa shape index (κ2) is 8.50. The average Bonchev–Trinajstić information content (AvgIpc) is 3.16. The molecule has 3 rings (SSSR count). The Hall–Kier alpha value is -3.13. The van der Waals surface area contributed by atoms with Crippen molar-refractivity contribution < 1.29 is 18.8 Å². The minimum atomic E-state index is -0.166. The summed E-state index contributed by atoms with van der Waals surface area (Å²) in [6.07, 6.45) is 1.48. The first-order chi connectivity index (χ1) is 13.0. The van der Waals surface area contributed by atoms with Crippen LogP contribution in [0.2, 0.25) is 0 Å². The summed E-state index contributed by atoms with van der Waals surface area (Å²) in [4.78, 5) is 39.4. The largest absolute Gasteiger partial charge is 0.459 e. The van der Waals surface area contributed by atoms with E-state index in [1.165, 1.54) is 13.2 Å². The molecular weight excluding hydrogens is 348 g/mol. The molecule has 27 heavy (non-hydrogen) atoms. The van der Waals surface area contributed by atoms with Gasteiger partial charge in [0.1, 0.15) is 0 Å². The lowest BCUT2D eigenvalue weighted by Crippen LogP contribution is -2.50. The maximum Gasteiger partial charge on any atom is 0.289 e. The molecule has 1 aromatic carbocycles. The summed E-state index contributed by atoms with van der Waals surface area (Å²) in [5, 5.41) is 5.51. The van der Waals surface area contributed by atoms with Crippen LogP contribution in [0.1, 0.15) is 17.5 Å². The SMILES string of the molecule is CC(=O)Nc1cccc(NC(=O)CN2CCN(C(=O)c3ccco3)CC2)c1. The summed E-state index contributed by atoms with van der Waals surface area (Å²) in [6, 6.07) is 10.3. The number of carbonyl (C=O) groups excluding carboxylic acids is 3. The van der Waals surface area contributed by atoms with Crippen molar-refractivity contribution in [2.45, 2.75) is 6.92 Å². The molecule has 0 spiro atoms. The van der Waals surface area contributed by atoms with Crippen molar-refractivity contribution in [2.75, 3.05) is 43.4 Å². The number of rotatable bonds is 5. The number of nitrogens with one attached hydrogen (secondary N) is 2. The van der Waals surface area contributed by atoms with Crippen molar-refractivity contribution in [3.63, 3.8) is 0 Å². The van der Waals surface area contributed by atoms with Gasteiger partial charge in [0.2, 0.25) is 11.8 Å². The average molecular weight is 370 g/mol. The van der Waals surface area contributed by atoms with E-state index in [0.717, 1.165) is 0 Å². The van der Waals surface area contributed by atoms with Gasteiger partial charge in [-0.3, -0.25) is 19.3 Å². The van der Waals surface area contributed by atoms with Gasteiger partial charge in [-0.15, -0.1) is 0 Å². The number of amides is 3. The minimum Gasteiger partial charge on any atom is -0.459 e. The van der Waals surface area contributed by atoms with E-state index in [0.29, 0.717) is 43.3 Å². The summed E-state index contributed by atoms with van der Waals surface area (Å²) >= 11 is 0. The molecule has 8 nitrogen and oxygen atoms in total. The standard InChI is InChI=1S/C19H22N4O4/c1-14(24)20-15-4-2-5-16(12-15)21-18(25)13-22-7-9-23(10-8-22)19(26)17-6-3-11-27-17/h2-6,11-12H,7-10,13H2,1H3,(H,20,24)(H,21,25). The van der Waals surface area contributed by atoms with Crippen LogP contribution in [-0.4, -0.2) is 60.2 Å². The molecule has 1 fully saturated rings. The fourth-order valence-electron chi connectivity index (χ4n) is 2.95. The van der Waals surface area contributed by atoms with Crippen LogP contribution >= 0.6 is 0 Å². The van der Waals surface area contributed by atoms with E-state index in [-0.39, 0.29) is 24.3 Å². The van der Waals surface area contributed by atoms with Crippen molar-refractivity contribution >= 4 is 29.1 Å². The molecule has 0 atom stereocenters. The normalized spacial score (nSPS) is 14.6. The molecule has 2 aromatic rings. The summed E-state index contributed by atoms with van der Waals surface area (Å²) < 4.78 is 5.14. The molecule has 1 saturated heterocycles. The molecule has 0 bridgehead atoms. The topological polar surface area (TPSA) is 94.9 Å². The Morgan fingerprint density at radius 2 is 1.70 bits per heavy atom. The van der Waals surface area contributed by atoms with Crippen LogP contribution in [-0.2, 0) is 9.59 Å². The van der Waals surface area contributed by atoms with Crippen LogP contribution in [0.4, 0.5) is 11.4 Å². The molecular formula is C19H22N4O4. The van der Waals surface area contributed by atoms with Crippen molar-refractivity contribution in [2.24, 2.45) is 0 Å². The summed E-state index contributed by atoms with van der Waals surface area (Å²) in [7, 11) is 0. The highest BCUT2D eigenvalue weighted by atomic mass is 16.3. The quantitative estimate of drug-likeness (QED) is 0.834. The summed E-state index contributed by atoms with van der Waals surface area (Å²) in [5.74, 6) is -0.0969. The Morgan fingerprint density at radius 1 is 1.00 bits per heavy atom. The molecule has 142 valence electrons. The van der Waals surface area contributed by atoms with Crippen LogP contribution in [0.3, 0.4) is 0 Å². The van der Waals surface area contributed by atoms with Gasteiger partial charge in [-0.2, -0.15) is 0 Å². The van der Waals surface area contributed by atoms with Gasteiger partial charge in [0.05, 0.1) is 12.8 Å².